The summed E-state index contributed by atoms with van der Waals surface area (Å²) in [5.41, 5.74) is 7.72. The Labute approximate surface area is 115 Å². The minimum atomic E-state index is -0.883. The summed E-state index contributed by atoms with van der Waals surface area (Å²) in [5, 5.41) is 10.5. The highest BCUT2D eigenvalue weighted by Gasteiger charge is 2.13. The van der Waals surface area contributed by atoms with Crippen LogP contribution in [0.2, 0.25) is 0 Å². The molecule has 2 rings (SSSR count). The van der Waals surface area contributed by atoms with Gasteiger partial charge in [-0.3, -0.25) is 9.89 Å². The van der Waals surface area contributed by atoms with Gasteiger partial charge < -0.3 is 5.73 Å². The molecular formula is C13H15N5O2. The molecule has 0 saturated carbocycles. The van der Waals surface area contributed by atoms with Crippen LogP contribution in [0.3, 0.4) is 0 Å². The quantitative estimate of drug-likeness (QED) is 0.820. The van der Waals surface area contributed by atoms with E-state index in [4.69, 9.17) is 5.73 Å². The van der Waals surface area contributed by atoms with Crippen LogP contribution in [-0.2, 0) is 0 Å². The predicted octanol–water partition coefficient (Wildman–Crippen LogP) is 2.44. The standard InChI is InChI=1S/C13H15N5O2/c1-7-4-8(2)6-10(5-7)15-16-11-9(3)17-18(12(11)19)13(14)20/h4-6,17H,1-3H3,(H2,14,20). The first-order valence-corrected chi connectivity index (χ1v) is 6.00. The average molecular weight is 273 g/mol. The van der Waals surface area contributed by atoms with Crippen LogP contribution in [0.5, 0.6) is 0 Å². The number of carbonyl (C=O) groups excluding carboxylic acids is 1. The van der Waals surface area contributed by atoms with Crippen LogP contribution < -0.4 is 11.3 Å². The zero-order valence-corrected chi connectivity index (χ0v) is 11.5. The highest BCUT2D eigenvalue weighted by Crippen LogP contribution is 2.20. The third kappa shape index (κ3) is 2.66. The van der Waals surface area contributed by atoms with Gasteiger partial charge in [0.15, 0.2) is 5.69 Å². The number of aryl methyl sites for hydroxylation is 3. The number of nitrogens with one attached hydrogen (secondary N) is 1. The Hall–Kier alpha value is -2.70. The Kier molecular flexibility index (Phi) is 3.51. The highest BCUT2D eigenvalue weighted by atomic mass is 16.2. The van der Waals surface area contributed by atoms with Gasteiger partial charge in [0.1, 0.15) is 0 Å². The molecule has 20 heavy (non-hydrogen) atoms. The fourth-order valence-electron chi connectivity index (χ4n) is 1.93. The smallest absolute Gasteiger partial charge is 0.341 e. The second-order valence-electron chi connectivity index (χ2n) is 4.61. The Balaban J connectivity index is 2.41. The van der Waals surface area contributed by atoms with Gasteiger partial charge in [0.05, 0.1) is 11.4 Å². The van der Waals surface area contributed by atoms with Gasteiger partial charge >= 0.3 is 11.6 Å². The zero-order valence-electron chi connectivity index (χ0n) is 11.5. The van der Waals surface area contributed by atoms with E-state index in [0.29, 0.717) is 16.1 Å². The number of hydrogen-bond donors (Lipinski definition) is 2. The number of benzene rings is 1. The van der Waals surface area contributed by atoms with Crippen LogP contribution in [0, 0.1) is 20.8 Å². The van der Waals surface area contributed by atoms with Crippen molar-refractivity contribution in [1.29, 1.82) is 0 Å². The number of rotatable bonds is 2. The van der Waals surface area contributed by atoms with Crippen molar-refractivity contribution in [3.05, 3.63) is 45.4 Å². The number of H-pyrrole nitrogens is 1. The van der Waals surface area contributed by atoms with Gasteiger partial charge in [0.2, 0.25) is 0 Å². The minimum Gasteiger partial charge on any atom is -0.350 e. The first-order valence-electron chi connectivity index (χ1n) is 6.00. The van der Waals surface area contributed by atoms with Gasteiger partial charge in [-0.25, -0.2) is 4.79 Å². The Morgan fingerprint density at radius 3 is 2.25 bits per heavy atom. The van der Waals surface area contributed by atoms with Gasteiger partial charge in [-0.05, 0) is 44.0 Å². The van der Waals surface area contributed by atoms with Gasteiger partial charge in [-0.1, -0.05) is 6.07 Å². The van der Waals surface area contributed by atoms with Crippen LogP contribution in [0.1, 0.15) is 16.8 Å². The number of nitrogens with two attached hydrogens (primary N) is 1. The number of primary amides is 1. The first kappa shape index (κ1) is 13.7. The average Bonchev–Trinajstić information content (AvgIpc) is 2.61. The number of carbonyl (C=O) groups is 1. The SMILES string of the molecule is Cc1cc(C)cc(N=Nc2c(C)[nH]n(C(N)=O)c2=O)c1. The van der Waals surface area contributed by atoms with Crippen LogP contribution in [-0.4, -0.2) is 15.8 Å². The van der Waals surface area contributed by atoms with Crippen molar-refractivity contribution in [1.82, 2.24) is 9.78 Å². The monoisotopic (exact) mass is 273 g/mol. The molecule has 0 atom stereocenters. The maximum atomic E-state index is 11.9. The Morgan fingerprint density at radius 1 is 1.15 bits per heavy atom. The van der Waals surface area contributed by atoms with Crippen LogP contribution in [0.4, 0.5) is 16.2 Å². The molecular weight excluding hydrogens is 258 g/mol. The lowest BCUT2D eigenvalue weighted by Gasteiger charge is -1.98. The van der Waals surface area contributed by atoms with Gasteiger partial charge in [0, 0.05) is 0 Å². The Bertz CT molecular complexity index is 734. The molecule has 1 amide bonds. The molecule has 0 saturated heterocycles. The van der Waals surface area contributed by atoms with Crippen molar-refractivity contribution in [3.63, 3.8) is 0 Å². The number of aromatic amines is 1. The molecule has 2 aromatic rings. The van der Waals surface area contributed by atoms with Crippen molar-refractivity contribution in [2.24, 2.45) is 16.0 Å². The van der Waals surface area contributed by atoms with Crippen molar-refractivity contribution in [2.45, 2.75) is 20.8 Å². The number of nitrogens with zero attached hydrogens (tertiary/aromatic N) is 3. The van der Waals surface area contributed by atoms with Crippen LogP contribution in [0.15, 0.2) is 33.2 Å². The lowest BCUT2D eigenvalue weighted by Crippen LogP contribution is -2.29. The fourth-order valence-corrected chi connectivity index (χ4v) is 1.93. The van der Waals surface area contributed by atoms with E-state index in [-0.39, 0.29) is 5.69 Å². The largest absolute Gasteiger partial charge is 0.350 e. The molecule has 3 N–H and O–H groups in total. The number of azo groups is 1. The highest BCUT2D eigenvalue weighted by molar-refractivity contribution is 5.74. The number of amides is 1. The summed E-state index contributed by atoms with van der Waals surface area (Å²) < 4.78 is 0.700. The molecule has 1 heterocycles. The van der Waals surface area contributed by atoms with Crippen molar-refractivity contribution in [3.8, 4) is 0 Å². The minimum absolute atomic E-state index is 0.0722. The van der Waals surface area contributed by atoms with E-state index < -0.39 is 11.6 Å². The second kappa shape index (κ2) is 5.12. The molecule has 7 heteroatoms. The summed E-state index contributed by atoms with van der Waals surface area (Å²) in [7, 11) is 0. The van der Waals surface area contributed by atoms with Crippen LogP contribution in [0.25, 0.3) is 0 Å². The second-order valence-corrected chi connectivity index (χ2v) is 4.61. The van der Waals surface area contributed by atoms with Crippen molar-refractivity contribution < 1.29 is 4.79 Å². The van der Waals surface area contributed by atoms with E-state index >= 15 is 0 Å². The molecule has 0 radical (unpaired) electrons. The molecule has 104 valence electrons. The first-order chi connectivity index (χ1) is 9.38. The van der Waals surface area contributed by atoms with Crippen molar-refractivity contribution in [2.75, 3.05) is 0 Å². The summed E-state index contributed by atoms with van der Waals surface area (Å²) in [6.45, 7) is 5.53. The maximum Gasteiger partial charge on any atom is 0.341 e. The molecule has 1 aromatic carbocycles. The van der Waals surface area contributed by atoms with E-state index in [2.05, 4.69) is 15.3 Å². The topological polar surface area (TPSA) is 106 Å². The van der Waals surface area contributed by atoms with E-state index in [9.17, 15) is 9.59 Å². The van der Waals surface area contributed by atoms with Crippen LogP contribution >= 0.6 is 0 Å². The summed E-state index contributed by atoms with van der Waals surface area (Å²) in [6, 6.07) is 4.84. The molecule has 0 spiro atoms. The summed E-state index contributed by atoms with van der Waals surface area (Å²) in [4.78, 5) is 22.9. The molecule has 0 aliphatic heterocycles. The lowest BCUT2D eigenvalue weighted by molar-refractivity contribution is 0.247. The summed E-state index contributed by atoms with van der Waals surface area (Å²) >= 11 is 0. The summed E-state index contributed by atoms with van der Waals surface area (Å²) in [6.07, 6.45) is 0. The molecule has 1 aromatic heterocycles. The van der Waals surface area contributed by atoms with Gasteiger partial charge in [0.25, 0.3) is 0 Å². The van der Waals surface area contributed by atoms with E-state index in [1.807, 2.05) is 32.0 Å². The van der Waals surface area contributed by atoms with Gasteiger partial charge in [-0.2, -0.15) is 9.80 Å². The Morgan fingerprint density at radius 2 is 1.75 bits per heavy atom. The molecule has 0 aliphatic rings. The molecule has 0 fully saturated rings. The number of aromatic nitrogens is 2. The van der Waals surface area contributed by atoms with Gasteiger partial charge in [-0.15, -0.1) is 5.11 Å². The molecule has 7 nitrogen and oxygen atoms in total. The van der Waals surface area contributed by atoms with Crippen molar-refractivity contribution >= 4 is 17.4 Å². The normalized spacial score (nSPS) is 11.2. The lowest BCUT2D eigenvalue weighted by atomic mass is 10.1. The zero-order chi connectivity index (χ0) is 14.9. The fraction of sp³-hybridized carbons (Fsp3) is 0.231. The van der Waals surface area contributed by atoms with E-state index in [1.165, 1.54) is 0 Å². The third-order valence-electron chi connectivity index (χ3n) is 2.73. The maximum absolute atomic E-state index is 11.9. The third-order valence-corrected chi connectivity index (χ3v) is 2.73. The molecule has 0 aliphatic carbocycles. The van der Waals surface area contributed by atoms with E-state index in [1.54, 1.807) is 6.92 Å². The predicted molar refractivity (Wildman–Crippen MR) is 74.9 cm³/mol. The molecule has 0 bridgehead atoms. The number of hydrogen-bond acceptors (Lipinski definition) is 4. The summed E-state index contributed by atoms with van der Waals surface area (Å²) in [5.74, 6) is 0. The molecule has 0 unspecified atom stereocenters. The van der Waals surface area contributed by atoms with E-state index in [0.717, 1.165) is 11.1 Å².